The summed E-state index contributed by atoms with van der Waals surface area (Å²) in [6.45, 7) is 23.9. The molecule has 0 spiro atoms. The minimum absolute atomic E-state index is 0.0818. The summed E-state index contributed by atoms with van der Waals surface area (Å²) in [5, 5.41) is 13.6. The third-order valence-corrected chi connectivity index (χ3v) is 9.32. The second-order valence-electron chi connectivity index (χ2n) is 16.4. The summed E-state index contributed by atoms with van der Waals surface area (Å²) >= 11 is 0. The summed E-state index contributed by atoms with van der Waals surface area (Å²) in [5.74, 6) is 0.777. The molecule has 0 aliphatic heterocycles. The van der Waals surface area contributed by atoms with Crippen LogP contribution >= 0.6 is 0 Å². The highest BCUT2D eigenvalue weighted by Gasteiger charge is 2.26. The molecule has 246 valence electrons. The van der Waals surface area contributed by atoms with Gasteiger partial charge in [-0.3, -0.25) is 4.99 Å². The number of nitrogens with zero attached hydrogens (tertiary/aromatic N) is 2. The van der Waals surface area contributed by atoms with Crippen molar-refractivity contribution in [2.24, 2.45) is 4.99 Å². The average Bonchev–Trinajstić information content (AvgIpc) is 3.44. The molecule has 0 saturated carbocycles. The molecule has 6 aromatic rings. The van der Waals surface area contributed by atoms with Gasteiger partial charge < -0.3 is 9.52 Å². The number of aromatic nitrogens is 1. The summed E-state index contributed by atoms with van der Waals surface area (Å²) < 4.78 is 6.68. The summed E-state index contributed by atoms with van der Waals surface area (Å²) in [6, 6.07) is 27.5. The average molecular weight is 637 g/mol. The van der Waals surface area contributed by atoms with Gasteiger partial charge in [-0.2, -0.15) is 0 Å². The van der Waals surface area contributed by atoms with E-state index in [0.29, 0.717) is 11.5 Å². The number of fused-ring (bicyclic) bond motifs is 2. The third kappa shape index (κ3) is 6.29. The maximum Gasteiger partial charge on any atom is 0.229 e. The first kappa shape index (κ1) is 33.2. The highest BCUT2D eigenvalue weighted by molar-refractivity contribution is 6.03. The lowest BCUT2D eigenvalue weighted by atomic mass is 9.79. The van der Waals surface area contributed by atoms with Gasteiger partial charge in [0, 0.05) is 28.3 Å². The Bertz CT molecular complexity index is 2210. The van der Waals surface area contributed by atoms with Crippen LogP contribution in [0, 0.1) is 13.8 Å². The van der Waals surface area contributed by atoms with Crippen molar-refractivity contribution in [2.75, 3.05) is 0 Å². The van der Waals surface area contributed by atoms with Gasteiger partial charge in [-0.25, -0.2) is 4.98 Å². The molecule has 4 nitrogen and oxygen atoms in total. The molecule has 0 fully saturated rings. The van der Waals surface area contributed by atoms with E-state index in [1.165, 1.54) is 16.7 Å². The fourth-order valence-electron chi connectivity index (χ4n) is 6.27. The number of phenolic OH excluding ortho intramolecular Hbond substituents is 1. The Balaban J connectivity index is 1.60. The minimum Gasteiger partial charge on any atom is -0.507 e. The van der Waals surface area contributed by atoms with Gasteiger partial charge in [0.25, 0.3) is 0 Å². The lowest BCUT2D eigenvalue weighted by Gasteiger charge is -2.27. The molecule has 0 aliphatic rings. The zero-order valence-corrected chi connectivity index (χ0v) is 30.3. The van der Waals surface area contributed by atoms with Crippen molar-refractivity contribution < 1.29 is 9.52 Å². The first-order chi connectivity index (χ1) is 22.4. The second-order valence-corrected chi connectivity index (χ2v) is 16.4. The van der Waals surface area contributed by atoms with E-state index in [1.807, 2.05) is 18.2 Å². The van der Waals surface area contributed by atoms with Crippen LogP contribution in [0.1, 0.15) is 95.7 Å². The Kier molecular flexibility index (Phi) is 8.14. The van der Waals surface area contributed by atoms with Gasteiger partial charge in [0.15, 0.2) is 5.58 Å². The van der Waals surface area contributed by atoms with Crippen LogP contribution in [0.3, 0.4) is 0 Å². The van der Waals surface area contributed by atoms with E-state index in [0.717, 1.165) is 55.4 Å². The highest BCUT2D eigenvalue weighted by Crippen LogP contribution is 2.43. The molecular weight excluding hydrogens is 588 g/mol. The van der Waals surface area contributed by atoms with Crippen LogP contribution < -0.4 is 0 Å². The normalized spacial score (nSPS) is 12.9. The molecule has 0 radical (unpaired) electrons. The summed E-state index contributed by atoms with van der Waals surface area (Å²) in [7, 11) is 0. The molecule has 0 saturated heterocycles. The number of hydrogen-bond acceptors (Lipinski definition) is 4. The molecular formula is C44H48N2O2. The molecule has 0 atom stereocenters. The molecule has 1 aromatic heterocycles. The fraction of sp³-hybridized carbons (Fsp3) is 0.318. The Labute approximate surface area is 285 Å². The molecule has 0 bridgehead atoms. The van der Waals surface area contributed by atoms with Gasteiger partial charge >= 0.3 is 0 Å². The molecule has 4 heteroatoms. The summed E-state index contributed by atoms with van der Waals surface area (Å²) in [6.07, 6.45) is 1.80. The molecule has 6 rings (SSSR count). The Morgan fingerprint density at radius 1 is 0.688 bits per heavy atom. The van der Waals surface area contributed by atoms with E-state index < -0.39 is 0 Å². The molecule has 0 aliphatic carbocycles. The quantitative estimate of drug-likeness (QED) is 0.196. The number of aromatic hydroxyl groups is 1. The van der Waals surface area contributed by atoms with Crippen molar-refractivity contribution >= 4 is 33.8 Å². The second kappa shape index (κ2) is 11.8. The van der Waals surface area contributed by atoms with E-state index in [2.05, 4.69) is 137 Å². The summed E-state index contributed by atoms with van der Waals surface area (Å²) in [5.41, 5.74) is 11.3. The van der Waals surface area contributed by atoms with Crippen LogP contribution in [0.5, 0.6) is 5.75 Å². The number of aryl methyl sites for hydroxylation is 2. The molecule has 48 heavy (non-hydrogen) atoms. The monoisotopic (exact) mass is 636 g/mol. The van der Waals surface area contributed by atoms with Crippen LogP contribution in [-0.4, -0.2) is 16.3 Å². The van der Waals surface area contributed by atoms with Crippen molar-refractivity contribution in [2.45, 2.75) is 92.4 Å². The van der Waals surface area contributed by atoms with Crippen LogP contribution in [0.25, 0.3) is 44.5 Å². The van der Waals surface area contributed by atoms with Crippen LogP contribution in [0.2, 0.25) is 0 Å². The van der Waals surface area contributed by atoms with Crippen molar-refractivity contribution in [3.63, 3.8) is 0 Å². The van der Waals surface area contributed by atoms with E-state index in [-0.39, 0.29) is 22.0 Å². The number of rotatable bonds is 4. The molecule has 0 unspecified atom stereocenters. The number of phenols is 1. The van der Waals surface area contributed by atoms with Crippen LogP contribution in [0.15, 0.2) is 88.3 Å². The first-order valence-corrected chi connectivity index (χ1v) is 16.9. The topological polar surface area (TPSA) is 58.6 Å². The predicted octanol–water partition coefficient (Wildman–Crippen LogP) is 12.3. The lowest BCUT2D eigenvalue weighted by Crippen LogP contribution is -2.17. The van der Waals surface area contributed by atoms with E-state index >= 15 is 0 Å². The Morgan fingerprint density at radius 3 is 2.06 bits per heavy atom. The molecule has 1 heterocycles. The Hall–Kier alpha value is -4.70. The van der Waals surface area contributed by atoms with Gasteiger partial charge in [0.2, 0.25) is 5.89 Å². The predicted molar refractivity (Wildman–Crippen MR) is 203 cm³/mol. The summed E-state index contributed by atoms with van der Waals surface area (Å²) in [4.78, 5) is 10.3. The lowest BCUT2D eigenvalue weighted by molar-refractivity contribution is 0.444. The fourth-order valence-corrected chi connectivity index (χ4v) is 6.27. The van der Waals surface area contributed by atoms with Crippen molar-refractivity contribution in [1.82, 2.24) is 4.98 Å². The first-order valence-electron chi connectivity index (χ1n) is 16.9. The van der Waals surface area contributed by atoms with E-state index in [9.17, 15) is 5.11 Å². The zero-order valence-electron chi connectivity index (χ0n) is 30.3. The van der Waals surface area contributed by atoms with E-state index in [1.54, 1.807) is 6.21 Å². The SMILES string of the molecule is Cc1ccc(C)c(-c2cc(C(C)(C)C)cc3oc(-c4ccc5ccccc5c4N=Cc4cc(C(C)(C)C)cc(C(C)(C)C)c4O)nc23)c1. The third-order valence-electron chi connectivity index (χ3n) is 9.32. The maximum atomic E-state index is 11.5. The van der Waals surface area contributed by atoms with Crippen molar-refractivity contribution in [3.05, 3.63) is 112 Å². The number of benzene rings is 5. The van der Waals surface area contributed by atoms with Gasteiger partial charge in [0.05, 0.1) is 11.3 Å². The van der Waals surface area contributed by atoms with Gasteiger partial charge in [0.1, 0.15) is 11.3 Å². The standard InChI is InChI=1S/C44H48N2O2/c1-26-16-17-27(2)34(20-26)35-22-31(43(6,7)8)24-37-39(35)46-41(48-37)33-19-18-28-14-12-13-15-32(28)38(33)45-25-29-21-30(42(3,4)5)23-36(40(29)47)44(9,10)11/h12-25,47H,1-11H3. The minimum atomic E-state index is -0.240. The van der Waals surface area contributed by atoms with Crippen LogP contribution in [0.4, 0.5) is 5.69 Å². The zero-order chi connectivity index (χ0) is 34.8. The van der Waals surface area contributed by atoms with E-state index in [4.69, 9.17) is 14.4 Å². The number of hydrogen-bond donors (Lipinski definition) is 1. The molecule has 0 amide bonds. The van der Waals surface area contributed by atoms with Gasteiger partial charge in [-0.05, 0) is 82.0 Å². The smallest absolute Gasteiger partial charge is 0.229 e. The van der Waals surface area contributed by atoms with Crippen molar-refractivity contribution in [3.8, 4) is 28.3 Å². The molecule has 1 N–H and O–H groups in total. The highest BCUT2D eigenvalue weighted by atomic mass is 16.3. The molecule has 5 aromatic carbocycles. The largest absolute Gasteiger partial charge is 0.507 e. The maximum absolute atomic E-state index is 11.5. The van der Waals surface area contributed by atoms with Crippen molar-refractivity contribution in [1.29, 1.82) is 0 Å². The Morgan fingerprint density at radius 2 is 1.38 bits per heavy atom. The van der Waals surface area contributed by atoms with Crippen LogP contribution in [-0.2, 0) is 16.2 Å². The number of oxazole rings is 1. The number of aliphatic imine (C=N–C) groups is 1. The van der Waals surface area contributed by atoms with Gasteiger partial charge in [-0.15, -0.1) is 0 Å². The van der Waals surface area contributed by atoms with Gasteiger partial charge in [-0.1, -0.05) is 122 Å².